The fourth-order valence-corrected chi connectivity index (χ4v) is 2.99. The molecule has 2 aromatic rings. The van der Waals surface area contributed by atoms with Gasteiger partial charge in [0.25, 0.3) is 0 Å². The molecule has 0 radical (unpaired) electrons. The number of esters is 1. The summed E-state index contributed by atoms with van der Waals surface area (Å²) < 4.78 is 7.01. The summed E-state index contributed by atoms with van der Waals surface area (Å²) in [6.45, 7) is 7.55. The van der Waals surface area contributed by atoms with Crippen LogP contribution in [0.3, 0.4) is 0 Å². The molecule has 0 saturated heterocycles. The summed E-state index contributed by atoms with van der Waals surface area (Å²) >= 11 is 0. The number of hydrogen-bond acceptors (Lipinski definition) is 8. The highest BCUT2D eigenvalue weighted by atomic mass is 16.5. The molecule has 9 nitrogen and oxygen atoms in total. The van der Waals surface area contributed by atoms with E-state index in [2.05, 4.69) is 45.9 Å². The third-order valence-corrected chi connectivity index (χ3v) is 4.79. The van der Waals surface area contributed by atoms with E-state index in [1.165, 1.54) is 6.20 Å². The summed E-state index contributed by atoms with van der Waals surface area (Å²) in [7, 11) is 0. The van der Waals surface area contributed by atoms with Gasteiger partial charge in [0.15, 0.2) is 0 Å². The van der Waals surface area contributed by atoms with Crippen molar-refractivity contribution >= 4 is 29.2 Å². The van der Waals surface area contributed by atoms with Gasteiger partial charge in [0.1, 0.15) is 18.8 Å². The number of rotatable bonds is 12. The van der Waals surface area contributed by atoms with Crippen LogP contribution in [0.15, 0.2) is 30.4 Å². The normalized spacial score (nSPS) is 12.4. The molecule has 0 aliphatic carbocycles. The van der Waals surface area contributed by atoms with Gasteiger partial charge in [0.2, 0.25) is 5.95 Å². The average molecular weight is 412 g/mol. The van der Waals surface area contributed by atoms with Crippen LogP contribution in [0, 0.1) is 28.6 Å². The van der Waals surface area contributed by atoms with E-state index >= 15 is 0 Å². The van der Waals surface area contributed by atoms with Crippen molar-refractivity contribution in [1.82, 2.24) is 19.9 Å². The highest BCUT2D eigenvalue weighted by molar-refractivity contribution is 5.81. The lowest BCUT2D eigenvalue weighted by Crippen LogP contribution is -2.22. The van der Waals surface area contributed by atoms with Gasteiger partial charge < -0.3 is 25.3 Å². The number of fused-ring (bicyclic) bond motifs is 1. The molecule has 0 fully saturated rings. The monoisotopic (exact) mass is 411 g/mol. The molecule has 1 atom stereocenters. The predicted octanol–water partition coefficient (Wildman–Crippen LogP) is 3.06. The molecule has 2 aromatic heterocycles. The number of nitrogens with zero attached hydrogens (tertiary/aromatic N) is 4. The number of carbonyl (C=O) groups is 1. The Morgan fingerprint density at radius 2 is 2.27 bits per heavy atom. The summed E-state index contributed by atoms with van der Waals surface area (Å²) in [6.07, 6.45) is 7.62. The maximum absolute atomic E-state index is 11.5. The minimum absolute atomic E-state index is 0.0687. The molecule has 0 spiro atoms. The average Bonchev–Trinajstić information content (AvgIpc) is 3.13. The first-order chi connectivity index (χ1) is 14.5. The summed E-state index contributed by atoms with van der Waals surface area (Å²) in [5, 5.41) is 22.7. The quantitative estimate of drug-likeness (QED) is 0.278. The molecule has 3 N–H and O–H groups in total. The second-order valence-electron chi connectivity index (χ2n) is 7.23. The number of aromatic nitrogens is 3. The number of nitrogens with one attached hydrogen (secondary N) is 3. The zero-order chi connectivity index (χ0) is 21.9. The third-order valence-electron chi connectivity index (χ3n) is 4.79. The Morgan fingerprint density at radius 1 is 1.47 bits per heavy atom. The number of allylic oxidation sites excluding steroid dienone is 1. The van der Waals surface area contributed by atoms with Gasteiger partial charge >= 0.3 is 5.97 Å². The number of ether oxygens (including phenoxy) is 1. The van der Waals surface area contributed by atoms with Crippen LogP contribution in [0.1, 0.15) is 33.6 Å². The molecule has 30 heavy (non-hydrogen) atoms. The molecule has 0 aromatic carbocycles. The molecule has 2 rings (SSSR count). The highest BCUT2D eigenvalue weighted by Crippen LogP contribution is 2.21. The Kier molecular flexibility index (Phi) is 8.81. The lowest BCUT2D eigenvalue weighted by Gasteiger charge is -2.20. The van der Waals surface area contributed by atoms with Crippen molar-refractivity contribution in [2.24, 2.45) is 11.8 Å². The summed E-state index contributed by atoms with van der Waals surface area (Å²) in [4.78, 5) is 20.4. The molecule has 2 heterocycles. The van der Waals surface area contributed by atoms with Crippen molar-refractivity contribution in [3.8, 4) is 6.07 Å². The maximum Gasteiger partial charge on any atom is 0.325 e. The Morgan fingerprint density at radius 3 is 2.93 bits per heavy atom. The van der Waals surface area contributed by atoms with Crippen LogP contribution in [0.25, 0.3) is 11.0 Å². The van der Waals surface area contributed by atoms with Crippen molar-refractivity contribution in [3.05, 3.63) is 30.4 Å². The van der Waals surface area contributed by atoms with Crippen LogP contribution >= 0.6 is 0 Å². The van der Waals surface area contributed by atoms with E-state index in [1.807, 2.05) is 18.3 Å². The third kappa shape index (κ3) is 6.58. The van der Waals surface area contributed by atoms with Crippen molar-refractivity contribution in [2.75, 3.05) is 18.5 Å². The van der Waals surface area contributed by atoms with Gasteiger partial charge in [0, 0.05) is 36.7 Å². The van der Waals surface area contributed by atoms with Crippen molar-refractivity contribution < 1.29 is 9.53 Å². The molecular weight excluding hydrogens is 382 g/mol. The Balaban J connectivity index is 2.04. The second kappa shape index (κ2) is 11.6. The second-order valence-corrected chi connectivity index (χ2v) is 7.23. The number of anilines is 1. The maximum atomic E-state index is 11.5. The molecule has 9 heteroatoms. The lowest BCUT2D eigenvalue weighted by molar-refractivity contribution is -0.142. The van der Waals surface area contributed by atoms with Gasteiger partial charge in [-0.1, -0.05) is 27.2 Å². The van der Waals surface area contributed by atoms with Crippen LogP contribution in [0.2, 0.25) is 0 Å². The molecule has 0 aliphatic rings. The van der Waals surface area contributed by atoms with Gasteiger partial charge in [-0.2, -0.15) is 10.2 Å². The molecule has 0 amide bonds. The van der Waals surface area contributed by atoms with E-state index in [4.69, 9.17) is 15.4 Å². The predicted molar refractivity (Wildman–Crippen MR) is 116 cm³/mol. The number of hydrogen-bond donors (Lipinski definition) is 3. The first-order valence-corrected chi connectivity index (χ1v) is 10.0. The zero-order valence-corrected chi connectivity index (χ0v) is 17.7. The smallest absolute Gasteiger partial charge is 0.325 e. The van der Waals surface area contributed by atoms with Crippen LogP contribution < -0.4 is 10.6 Å². The van der Waals surface area contributed by atoms with E-state index < -0.39 is 5.97 Å². The van der Waals surface area contributed by atoms with E-state index in [9.17, 15) is 4.79 Å². The Bertz CT molecular complexity index is 927. The van der Waals surface area contributed by atoms with Gasteiger partial charge in [-0.05, 0) is 17.9 Å². The topological polar surface area (TPSA) is 129 Å². The number of nitriles is 1. The molecule has 0 aliphatic heterocycles. The molecule has 0 saturated carbocycles. The van der Waals surface area contributed by atoms with Crippen molar-refractivity contribution in [2.45, 2.75) is 40.2 Å². The fourth-order valence-electron chi connectivity index (χ4n) is 2.99. The van der Waals surface area contributed by atoms with Gasteiger partial charge in [-0.25, -0.2) is 4.98 Å². The van der Waals surface area contributed by atoms with E-state index in [0.717, 1.165) is 30.2 Å². The summed E-state index contributed by atoms with van der Waals surface area (Å²) in [5.74, 6) is 1.03. The van der Waals surface area contributed by atoms with Gasteiger partial charge in [-0.15, -0.1) is 0 Å². The first kappa shape index (κ1) is 22.9. The summed E-state index contributed by atoms with van der Waals surface area (Å²) in [5.41, 5.74) is 1.23. The minimum Gasteiger partial charge on any atom is -0.463 e. The van der Waals surface area contributed by atoms with Gasteiger partial charge in [-0.3, -0.25) is 4.79 Å². The Labute approximate surface area is 176 Å². The van der Waals surface area contributed by atoms with Crippen LogP contribution in [-0.4, -0.2) is 39.9 Å². The molecular formula is C21H29N7O2. The first-order valence-electron chi connectivity index (χ1n) is 10.0. The molecule has 160 valence electrons. The van der Waals surface area contributed by atoms with Crippen molar-refractivity contribution in [1.29, 1.82) is 10.7 Å². The van der Waals surface area contributed by atoms with E-state index in [-0.39, 0.29) is 19.6 Å². The summed E-state index contributed by atoms with van der Waals surface area (Å²) in [6, 6.07) is 3.90. The fraction of sp³-hybridized carbons (Fsp3) is 0.476. The zero-order valence-electron chi connectivity index (χ0n) is 17.7. The van der Waals surface area contributed by atoms with E-state index in [1.54, 1.807) is 6.20 Å². The van der Waals surface area contributed by atoms with Crippen LogP contribution in [-0.2, 0) is 16.1 Å². The van der Waals surface area contributed by atoms with Crippen molar-refractivity contribution in [3.63, 3.8) is 0 Å². The Hall–Kier alpha value is -3.41. The van der Waals surface area contributed by atoms with Gasteiger partial charge in [0.05, 0.1) is 18.2 Å². The largest absolute Gasteiger partial charge is 0.463 e. The standard InChI is InChI=1S/C21H29N7O2/c1-4-16(15(2)3)14-28-8-6-17-11-25-21(27-20(17)28)26-18(10-23)12-24-13-19(29)30-9-5-7-22/h6,8,10-12,15-16,23-24H,4-5,9,13-14H2,1-3H3,(H,25,26,27)/b18-12+,23-10?. The lowest BCUT2D eigenvalue weighted by atomic mass is 9.93. The highest BCUT2D eigenvalue weighted by Gasteiger charge is 2.14. The molecule has 0 bridgehead atoms. The van der Waals surface area contributed by atoms with Crippen LogP contribution in [0.5, 0.6) is 0 Å². The molecule has 1 unspecified atom stereocenters. The van der Waals surface area contributed by atoms with Crippen LogP contribution in [0.4, 0.5) is 5.95 Å². The minimum atomic E-state index is -0.475. The SMILES string of the molecule is CCC(Cn1ccc2cnc(N/C(C=N)=C/NCC(=O)OCCC#N)nc21)C(C)C. The number of carbonyl (C=O) groups excluding carboxylic acids is 1. The van der Waals surface area contributed by atoms with E-state index in [0.29, 0.717) is 23.5 Å².